The smallest absolute Gasteiger partial charge is 0.415 e. The molecule has 0 aromatic heterocycles. The Labute approximate surface area is 80.3 Å². The average molecular weight is 234 g/mol. The zero-order valence-electron chi connectivity index (χ0n) is 7.05. The summed E-state index contributed by atoms with van der Waals surface area (Å²) in [5.74, 6) is -16.9. The topological polar surface area (TPSA) is 83.8 Å². The lowest BCUT2D eigenvalue weighted by Gasteiger charge is -2.20. The second-order valence-corrected chi connectivity index (χ2v) is 2.31. The normalized spacial score (nSPS) is 12.3. The number of hydrogen-bond donors (Lipinski definition) is 2. The highest BCUT2D eigenvalue weighted by Gasteiger charge is 2.68. The van der Waals surface area contributed by atoms with E-state index >= 15 is 0 Å². The van der Waals surface area contributed by atoms with Crippen molar-refractivity contribution < 1.29 is 42.1 Å². The first-order valence-corrected chi connectivity index (χ1v) is 3.45. The predicted octanol–water partition coefficient (Wildman–Crippen LogP) is -0.123. The highest BCUT2D eigenvalue weighted by Crippen LogP contribution is 2.35. The minimum atomic E-state index is -5.56. The van der Waals surface area contributed by atoms with Crippen LogP contribution in [0.1, 0.15) is 0 Å². The fourth-order valence-electron chi connectivity index (χ4n) is 0.491. The summed E-state index contributed by atoms with van der Waals surface area (Å²) in [7, 11) is 0. The molecule has 0 aromatic carbocycles. The summed E-state index contributed by atoms with van der Waals surface area (Å²) in [5, 5.41) is 15.8. The summed E-state index contributed by atoms with van der Waals surface area (Å²) in [6, 6.07) is 0. The lowest BCUT2D eigenvalue weighted by molar-refractivity contribution is -0.235. The first-order chi connectivity index (χ1) is 6.67. The summed E-state index contributed by atoms with van der Waals surface area (Å²) in [5.41, 5.74) is 0. The number of carboxylic acid groups (broad SMARTS) is 1. The van der Waals surface area contributed by atoms with Crippen molar-refractivity contribution in [3.63, 3.8) is 0 Å². The Balaban J connectivity index is 4.80. The van der Waals surface area contributed by atoms with E-state index in [-0.39, 0.29) is 0 Å². The van der Waals surface area contributed by atoms with E-state index in [1.54, 1.807) is 0 Å². The van der Waals surface area contributed by atoms with Crippen LogP contribution in [0, 0.1) is 0 Å². The molecular weight excluding hydrogens is 228 g/mol. The second kappa shape index (κ2) is 4.43. The first kappa shape index (κ1) is 13.6. The van der Waals surface area contributed by atoms with Gasteiger partial charge in [-0.05, 0) is 0 Å². The van der Waals surface area contributed by atoms with Gasteiger partial charge in [0.15, 0.2) is 0 Å². The zero-order valence-corrected chi connectivity index (χ0v) is 7.05. The molecule has 0 aliphatic carbocycles. The SMILES string of the molecule is O=C(O)C(F)(F)C(F)(F)C(=O)OCCO. The predicted molar refractivity (Wildman–Crippen MR) is 35.6 cm³/mol. The van der Waals surface area contributed by atoms with E-state index in [2.05, 4.69) is 4.74 Å². The molecule has 0 fully saturated rings. The van der Waals surface area contributed by atoms with Crippen LogP contribution in [0.4, 0.5) is 17.6 Å². The standard InChI is InChI=1S/C6H6F4O5/c7-5(8,3(12)13)6(9,10)4(14)15-2-1-11/h11H,1-2H2,(H,12,13). The number of carboxylic acids is 1. The van der Waals surface area contributed by atoms with Crippen LogP contribution in [0.2, 0.25) is 0 Å². The number of carbonyl (C=O) groups excluding carboxylic acids is 1. The lowest BCUT2D eigenvalue weighted by atomic mass is 10.2. The van der Waals surface area contributed by atoms with Gasteiger partial charge in [0.1, 0.15) is 6.61 Å². The van der Waals surface area contributed by atoms with Gasteiger partial charge in [-0.15, -0.1) is 0 Å². The molecule has 0 spiro atoms. The van der Waals surface area contributed by atoms with Crippen LogP contribution in [0.5, 0.6) is 0 Å². The van der Waals surface area contributed by atoms with Crippen LogP contribution in [-0.2, 0) is 14.3 Å². The Morgan fingerprint density at radius 3 is 1.93 bits per heavy atom. The van der Waals surface area contributed by atoms with Crippen LogP contribution in [0.15, 0.2) is 0 Å². The molecule has 9 heteroatoms. The third-order valence-corrected chi connectivity index (χ3v) is 1.24. The molecule has 0 saturated heterocycles. The maximum absolute atomic E-state index is 12.5. The Morgan fingerprint density at radius 1 is 1.13 bits per heavy atom. The molecule has 15 heavy (non-hydrogen) atoms. The van der Waals surface area contributed by atoms with Gasteiger partial charge in [0.05, 0.1) is 6.61 Å². The van der Waals surface area contributed by atoms with Crippen molar-refractivity contribution >= 4 is 11.9 Å². The molecule has 0 heterocycles. The van der Waals surface area contributed by atoms with Gasteiger partial charge < -0.3 is 14.9 Å². The fraction of sp³-hybridized carbons (Fsp3) is 0.667. The maximum atomic E-state index is 12.5. The number of ether oxygens (including phenoxy) is 1. The third-order valence-electron chi connectivity index (χ3n) is 1.24. The minimum absolute atomic E-state index is 0.847. The third kappa shape index (κ3) is 2.55. The lowest BCUT2D eigenvalue weighted by Crippen LogP contribution is -2.53. The number of hydrogen-bond acceptors (Lipinski definition) is 4. The highest BCUT2D eigenvalue weighted by atomic mass is 19.3. The summed E-state index contributed by atoms with van der Waals surface area (Å²) in [6.45, 7) is -1.77. The largest absolute Gasteiger partial charge is 0.477 e. The van der Waals surface area contributed by atoms with Gasteiger partial charge in [-0.1, -0.05) is 0 Å². The molecule has 0 rings (SSSR count). The zero-order chi connectivity index (χ0) is 12.3. The fourth-order valence-corrected chi connectivity index (χ4v) is 0.491. The van der Waals surface area contributed by atoms with E-state index in [0.717, 1.165) is 0 Å². The van der Waals surface area contributed by atoms with Crippen molar-refractivity contribution in [1.82, 2.24) is 0 Å². The van der Waals surface area contributed by atoms with Crippen LogP contribution >= 0.6 is 0 Å². The molecule has 0 aliphatic rings. The molecule has 0 aromatic rings. The van der Waals surface area contributed by atoms with Crippen LogP contribution in [0.25, 0.3) is 0 Å². The van der Waals surface area contributed by atoms with Gasteiger partial charge in [0.25, 0.3) is 0 Å². The van der Waals surface area contributed by atoms with Crippen LogP contribution in [0.3, 0.4) is 0 Å². The Hall–Kier alpha value is -1.38. The molecule has 0 bridgehead atoms. The van der Waals surface area contributed by atoms with Crippen LogP contribution in [-0.4, -0.2) is 47.2 Å². The number of halogens is 4. The van der Waals surface area contributed by atoms with Crippen molar-refractivity contribution in [2.24, 2.45) is 0 Å². The van der Waals surface area contributed by atoms with Gasteiger partial charge in [-0.3, -0.25) is 0 Å². The molecular formula is C6H6F4O5. The number of aliphatic carboxylic acids is 1. The van der Waals surface area contributed by atoms with Crippen molar-refractivity contribution in [1.29, 1.82) is 0 Å². The summed E-state index contributed by atoms with van der Waals surface area (Å²) >= 11 is 0. The van der Waals surface area contributed by atoms with Crippen molar-refractivity contribution in [2.45, 2.75) is 11.8 Å². The molecule has 0 amide bonds. The Morgan fingerprint density at radius 2 is 1.60 bits per heavy atom. The number of rotatable bonds is 5. The highest BCUT2D eigenvalue weighted by molar-refractivity contribution is 5.89. The molecule has 2 N–H and O–H groups in total. The van der Waals surface area contributed by atoms with Crippen molar-refractivity contribution in [3.8, 4) is 0 Å². The van der Waals surface area contributed by atoms with Crippen molar-refractivity contribution in [3.05, 3.63) is 0 Å². The number of alkyl halides is 4. The second-order valence-electron chi connectivity index (χ2n) is 2.31. The van der Waals surface area contributed by atoms with E-state index < -0.39 is 37.0 Å². The number of aliphatic hydroxyl groups is 1. The van der Waals surface area contributed by atoms with E-state index in [1.807, 2.05) is 0 Å². The van der Waals surface area contributed by atoms with Crippen LogP contribution < -0.4 is 0 Å². The van der Waals surface area contributed by atoms with Crippen molar-refractivity contribution in [2.75, 3.05) is 13.2 Å². The summed E-state index contributed by atoms with van der Waals surface area (Å²) < 4.78 is 53.1. The average Bonchev–Trinajstić information content (AvgIpc) is 2.13. The summed E-state index contributed by atoms with van der Waals surface area (Å²) in [6.07, 6.45) is 0. The molecule has 0 radical (unpaired) electrons. The quantitative estimate of drug-likeness (QED) is 0.511. The Bertz CT molecular complexity index is 264. The Kier molecular flexibility index (Phi) is 4.02. The van der Waals surface area contributed by atoms with E-state index in [4.69, 9.17) is 10.2 Å². The van der Waals surface area contributed by atoms with Gasteiger partial charge in [-0.25, -0.2) is 9.59 Å². The first-order valence-electron chi connectivity index (χ1n) is 3.45. The van der Waals surface area contributed by atoms with Gasteiger partial charge >= 0.3 is 23.8 Å². The van der Waals surface area contributed by atoms with E-state index in [0.29, 0.717) is 0 Å². The maximum Gasteiger partial charge on any atom is 0.415 e. The molecule has 88 valence electrons. The molecule has 0 aliphatic heterocycles. The van der Waals surface area contributed by atoms with Gasteiger partial charge in [0, 0.05) is 0 Å². The number of esters is 1. The molecule has 0 unspecified atom stereocenters. The molecule has 0 saturated carbocycles. The van der Waals surface area contributed by atoms with Gasteiger partial charge in [0.2, 0.25) is 0 Å². The number of aliphatic hydroxyl groups excluding tert-OH is 1. The van der Waals surface area contributed by atoms with E-state index in [1.165, 1.54) is 0 Å². The van der Waals surface area contributed by atoms with E-state index in [9.17, 15) is 27.2 Å². The monoisotopic (exact) mass is 234 g/mol. The minimum Gasteiger partial charge on any atom is -0.477 e. The summed E-state index contributed by atoms with van der Waals surface area (Å²) in [4.78, 5) is 20.1. The number of carbonyl (C=O) groups is 2. The molecule has 5 nitrogen and oxygen atoms in total. The molecule has 0 atom stereocenters. The van der Waals surface area contributed by atoms with Gasteiger partial charge in [-0.2, -0.15) is 17.6 Å².